The lowest BCUT2D eigenvalue weighted by molar-refractivity contribution is -0.121. The average molecular weight is 507 g/mol. The molecule has 0 bridgehead atoms. The molecule has 1 aromatic heterocycles. The number of guanidine groups is 1. The van der Waals surface area contributed by atoms with E-state index in [0.29, 0.717) is 12.3 Å². The summed E-state index contributed by atoms with van der Waals surface area (Å²) in [5.41, 5.74) is 1.12. The second-order valence-electron chi connectivity index (χ2n) is 6.88. The largest absolute Gasteiger partial charge is 0.359 e. The van der Waals surface area contributed by atoms with E-state index in [4.69, 9.17) is 4.99 Å². The number of amides is 1. The number of unbranched alkanes of at least 4 members (excludes halogenated alkanes) is 1. The van der Waals surface area contributed by atoms with E-state index in [0.717, 1.165) is 69.9 Å². The molecule has 2 N–H and O–H groups in total. The molecular formula is C19H34IN5OS. The summed E-state index contributed by atoms with van der Waals surface area (Å²) in [4.78, 5) is 23.2. The van der Waals surface area contributed by atoms with Gasteiger partial charge in [-0.1, -0.05) is 0 Å². The van der Waals surface area contributed by atoms with Crippen LogP contribution >= 0.6 is 35.3 Å². The predicted molar refractivity (Wildman–Crippen MR) is 124 cm³/mol. The zero-order chi connectivity index (χ0) is 18.8. The van der Waals surface area contributed by atoms with Gasteiger partial charge in [0.25, 0.3) is 0 Å². The highest BCUT2D eigenvalue weighted by Gasteiger charge is 2.22. The van der Waals surface area contributed by atoms with Crippen molar-refractivity contribution in [3.63, 3.8) is 0 Å². The highest BCUT2D eigenvalue weighted by molar-refractivity contribution is 14.0. The van der Waals surface area contributed by atoms with E-state index in [9.17, 15) is 4.79 Å². The van der Waals surface area contributed by atoms with Crippen molar-refractivity contribution in [1.29, 1.82) is 0 Å². The Balaban J connectivity index is 0.00000364. The van der Waals surface area contributed by atoms with Gasteiger partial charge in [0.2, 0.25) is 5.91 Å². The van der Waals surface area contributed by atoms with E-state index in [1.54, 1.807) is 18.4 Å². The molecule has 0 spiro atoms. The van der Waals surface area contributed by atoms with E-state index in [-0.39, 0.29) is 29.9 Å². The number of aromatic nitrogens is 1. The fourth-order valence-corrected chi connectivity index (χ4v) is 4.05. The van der Waals surface area contributed by atoms with Crippen molar-refractivity contribution in [2.75, 3.05) is 33.2 Å². The summed E-state index contributed by atoms with van der Waals surface area (Å²) in [7, 11) is 1.71. The maximum absolute atomic E-state index is 11.5. The lowest BCUT2D eigenvalue weighted by Gasteiger charge is -2.34. The third kappa shape index (κ3) is 8.76. The lowest BCUT2D eigenvalue weighted by Crippen LogP contribution is -2.46. The molecule has 2 heterocycles. The van der Waals surface area contributed by atoms with Crippen LogP contribution in [-0.2, 0) is 11.2 Å². The molecule has 27 heavy (non-hydrogen) atoms. The van der Waals surface area contributed by atoms with Gasteiger partial charge in [0, 0.05) is 50.7 Å². The molecule has 0 atom stereocenters. The van der Waals surface area contributed by atoms with Crippen molar-refractivity contribution >= 4 is 47.2 Å². The lowest BCUT2D eigenvalue weighted by atomic mass is 9.93. The Morgan fingerprint density at radius 1 is 1.37 bits per heavy atom. The molecule has 1 saturated heterocycles. The maximum Gasteiger partial charge on any atom is 0.220 e. The third-order valence-corrected chi connectivity index (χ3v) is 5.76. The first-order chi connectivity index (χ1) is 12.6. The van der Waals surface area contributed by atoms with Gasteiger partial charge in [0.1, 0.15) is 0 Å². The Morgan fingerprint density at radius 2 is 2.11 bits per heavy atom. The number of hydrogen-bond acceptors (Lipinski definition) is 4. The van der Waals surface area contributed by atoms with Crippen LogP contribution < -0.4 is 10.6 Å². The quantitative estimate of drug-likeness (QED) is 0.246. The van der Waals surface area contributed by atoms with Gasteiger partial charge < -0.3 is 15.5 Å². The molecule has 2 rings (SSSR count). The van der Waals surface area contributed by atoms with Crippen LogP contribution in [0.25, 0.3) is 0 Å². The number of nitrogens with zero attached hydrogens (tertiary/aromatic N) is 3. The molecule has 0 saturated carbocycles. The van der Waals surface area contributed by atoms with E-state index in [2.05, 4.69) is 32.8 Å². The molecular weight excluding hydrogens is 473 g/mol. The third-order valence-electron chi connectivity index (χ3n) is 4.73. The van der Waals surface area contributed by atoms with Gasteiger partial charge in [-0.3, -0.25) is 9.79 Å². The van der Waals surface area contributed by atoms with Crippen molar-refractivity contribution in [3.05, 3.63) is 16.1 Å². The van der Waals surface area contributed by atoms with Gasteiger partial charge in [0.15, 0.2) is 5.96 Å². The normalized spacial score (nSPS) is 15.4. The van der Waals surface area contributed by atoms with Crippen LogP contribution in [-0.4, -0.2) is 55.0 Å². The molecule has 0 radical (unpaired) electrons. The number of aryl methyl sites for hydroxylation is 2. The van der Waals surface area contributed by atoms with Gasteiger partial charge in [-0.2, -0.15) is 0 Å². The van der Waals surface area contributed by atoms with Gasteiger partial charge in [-0.05, 0) is 51.9 Å². The highest BCUT2D eigenvalue weighted by Crippen LogP contribution is 2.20. The number of hydrogen-bond donors (Lipinski definition) is 2. The smallest absolute Gasteiger partial charge is 0.220 e. The maximum atomic E-state index is 11.5. The molecule has 1 aliphatic heterocycles. The van der Waals surface area contributed by atoms with E-state index < -0.39 is 0 Å². The second kappa shape index (κ2) is 13.3. The molecule has 0 aromatic carbocycles. The minimum Gasteiger partial charge on any atom is -0.359 e. The Kier molecular flexibility index (Phi) is 11.9. The number of halogens is 1. The summed E-state index contributed by atoms with van der Waals surface area (Å²) in [6.45, 7) is 7.85. The van der Waals surface area contributed by atoms with Crippen molar-refractivity contribution in [1.82, 2.24) is 20.5 Å². The fourth-order valence-electron chi connectivity index (χ4n) is 3.23. The van der Waals surface area contributed by atoms with E-state index >= 15 is 0 Å². The number of carbonyl (C=O) groups is 1. The second-order valence-corrected chi connectivity index (χ2v) is 7.83. The molecule has 1 aliphatic rings. The van der Waals surface area contributed by atoms with Gasteiger partial charge in [-0.15, -0.1) is 35.3 Å². The molecule has 0 unspecified atom stereocenters. The number of likely N-dealkylation sites (tertiary alicyclic amines) is 1. The van der Waals surface area contributed by atoms with Crippen LogP contribution in [0.5, 0.6) is 0 Å². The molecule has 1 aromatic rings. The first-order valence-corrected chi connectivity index (χ1v) is 10.6. The fraction of sp³-hybridized carbons (Fsp3) is 0.737. The van der Waals surface area contributed by atoms with Crippen molar-refractivity contribution in [2.24, 2.45) is 10.9 Å². The molecule has 8 heteroatoms. The van der Waals surface area contributed by atoms with E-state index in [1.807, 2.05) is 6.92 Å². The number of piperidine rings is 1. The summed E-state index contributed by atoms with van der Waals surface area (Å²) >= 11 is 1.75. The molecule has 0 aliphatic carbocycles. The number of thiazole rings is 1. The molecule has 1 fully saturated rings. The Bertz CT molecular complexity index is 584. The minimum atomic E-state index is 0. The standard InChI is InChI=1S/C19H33N5OS.HI/c1-4-21-19(22-10-6-5-7-18-23-15(2)14-26-18)24-11-8-16(9-12-24)13-17(25)20-3;/h14,16H,4-13H2,1-3H3,(H,20,25)(H,21,22);1H. The van der Waals surface area contributed by atoms with Crippen molar-refractivity contribution < 1.29 is 4.79 Å². The number of aliphatic imine (C=N–C) groups is 1. The van der Waals surface area contributed by atoms with E-state index in [1.165, 1.54) is 5.01 Å². The topological polar surface area (TPSA) is 69.6 Å². The Labute approximate surface area is 184 Å². The summed E-state index contributed by atoms with van der Waals surface area (Å²) in [6.07, 6.45) is 6.02. The Hall–Kier alpha value is -0.900. The number of carbonyl (C=O) groups excluding carboxylic acids is 1. The Morgan fingerprint density at radius 3 is 2.70 bits per heavy atom. The summed E-state index contributed by atoms with van der Waals surface area (Å²) in [5, 5.41) is 9.49. The molecule has 1 amide bonds. The summed E-state index contributed by atoms with van der Waals surface area (Å²) in [5.74, 6) is 1.67. The molecule has 6 nitrogen and oxygen atoms in total. The van der Waals surface area contributed by atoms with Crippen LogP contribution in [0.1, 0.15) is 49.7 Å². The van der Waals surface area contributed by atoms with Crippen molar-refractivity contribution in [2.45, 2.75) is 52.4 Å². The first kappa shape index (κ1) is 24.1. The van der Waals surface area contributed by atoms with Crippen LogP contribution in [0.2, 0.25) is 0 Å². The zero-order valence-corrected chi connectivity index (χ0v) is 19.9. The number of rotatable bonds is 8. The average Bonchev–Trinajstić information content (AvgIpc) is 3.06. The van der Waals surface area contributed by atoms with Crippen LogP contribution in [0, 0.1) is 12.8 Å². The summed E-state index contributed by atoms with van der Waals surface area (Å²) in [6, 6.07) is 0. The zero-order valence-electron chi connectivity index (χ0n) is 16.8. The SMILES string of the molecule is CCNC(=NCCCCc1nc(C)cs1)N1CCC(CC(=O)NC)CC1.I. The monoisotopic (exact) mass is 507 g/mol. The highest BCUT2D eigenvalue weighted by atomic mass is 127. The van der Waals surface area contributed by atoms with Gasteiger partial charge in [-0.25, -0.2) is 4.98 Å². The van der Waals surface area contributed by atoms with Crippen LogP contribution in [0.15, 0.2) is 10.4 Å². The number of nitrogens with one attached hydrogen (secondary N) is 2. The minimum absolute atomic E-state index is 0. The summed E-state index contributed by atoms with van der Waals surface area (Å²) < 4.78 is 0. The van der Waals surface area contributed by atoms with Crippen LogP contribution in [0.4, 0.5) is 0 Å². The van der Waals surface area contributed by atoms with Gasteiger partial charge >= 0.3 is 0 Å². The predicted octanol–water partition coefficient (Wildman–Crippen LogP) is 3.21. The van der Waals surface area contributed by atoms with Crippen molar-refractivity contribution in [3.8, 4) is 0 Å². The molecule has 154 valence electrons. The van der Waals surface area contributed by atoms with Crippen LogP contribution in [0.3, 0.4) is 0 Å². The van der Waals surface area contributed by atoms with Gasteiger partial charge in [0.05, 0.1) is 5.01 Å². The first-order valence-electron chi connectivity index (χ1n) is 9.77.